The van der Waals surface area contributed by atoms with Gasteiger partial charge in [-0.3, -0.25) is 0 Å². The van der Waals surface area contributed by atoms with Gasteiger partial charge in [0.25, 0.3) is 0 Å². The van der Waals surface area contributed by atoms with Crippen LogP contribution >= 0.6 is 35.3 Å². The minimum absolute atomic E-state index is 0.439. The van der Waals surface area contributed by atoms with Crippen molar-refractivity contribution in [3.8, 4) is 0 Å². The molecule has 0 aromatic rings. The zero-order chi connectivity index (χ0) is 33.5. The number of unbranched alkanes of at least 4 members (excludes halogenated alkanes) is 3. The second-order valence-electron chi connectivity index (χ2n) is 12.3. The number of carbonyl (C=O) groups is 3. The van der Waals surface area contributed by atoms with Crippen molar-refractivity contribution in [2.75, 3.05) is 17.3 Å². The fourth-order valence-electron chi connectivity index (χ4n) is 4.60. The summed E-state index contributed by atoms with van der Waals surface area (Å²) in [6, 6.07) is 0. The van der Waals surface area contributed by atoms with Crippen molar-refractivity contribution < 1.29 is 23.6 Å². The van der Waals surface area contributed by atoms with Crippen molar-refractivity contribution in [1.29, 1.82) is 0 Å². The summed E-state index contributed by atoms with van der Waals surface area (Å²) < 4.78 is 17.8. The molecule has 0 aromatic heterocycles. The van der Waals surface area contributed by atoms with E-state index >= 15 is 0 Å². The van der Waals surface area contributed by atoms with E-state index in [9.17, 15) is 14.4 Å². The van der Waals surface area contributed by atoms with Crippen LogP contribution in [0.5, 0.6) is 0 Å². The molecule has 0 N–H and O–H groups in total. The topological polar surface area (TPSA) is 78.9 Å². The molecule has 0 saturated heterocycles. The average Bonchev–Trinajstić information content (AvgIpc) is 3.00. The Bertz CT molecular complexity index is 688. The van der Waals surface area contributed by atoms with Gasteiger partial charge in [-0.25, -0.2) is 0 Å². The average molecular weight is 786 g/mol. The van der Waals surface area contributed by atoms with Gasteiger partial charge in [-0.2, -0.15) is 0 Å². The Morgan fingerprint density at radius 2 is 0.773 bits per heavy atom. The Hall–Kier alpha value is 0.259. The first-order valence-electron chi connectivity index (χ1n) is 17.4. The molecule has 0 amide bonds. The van der Waals surface area contributed by atoms with Gasteiger partial charge in [0, 0.05) is 0 Å². The predicted molar refractivity (Wildman–Crippen MR) is 196 cm³/mol. The molecule has 0 fully saturated rings. The third-order valence-electron chi connectivity index (χ3n) is 8.23. The van der Waals surface area contributed by atoms with E-state index < -0.39 is 53.3 Å². The summed E-state index contributed by atoms with van der Waals surface area (Å²) in [5.41, 5.74) is 0. The molecule has 0 saturated carbocycles. The van der Waals surface area contributed by atoms with Gasteiger partial charge in [-0.05, 0) is 0 Å². The standard InChI is InChI=1S/3C11H22O2S.CH3.Sn/c3*1-4-6-7-10(5-2)8-14-9(3)11(12)13;;/h3*9-10H,4-8H2,1-3H3,(H,12,13);1H3;/q;;;;+3/p-3. The fraction of sp³-hybridized carbons (Fsp3) is 0.912. The van der Waals surface area contributed by atoms with Gasteiger partial charge < -0.3 is 0 Å². The number of rotatable bonds is 27. The van der Waals surface area contributed by atoms with Gasteiger partial charge in [0.05, 0.1) is 0 Å². The van der Waals surface area contributed by atoms with Crippen LogP contribution in [-0.4, -0.2) is 70.5 Å². The number of carbonyl (C=O) groups excluding carboxylic acids is 3. The van der Waals surface area contributed by atoms with E-state index in [2.05, 4.69) is 41.5 Å². The molecule has 6 unspecified atom stereocenters. The zero-order valence-corrected chi connectivity index (χ0v) is 35.0. The fourth-order valence-corrected chi connectivity index (χ4v) is 13.8. The predicted octanol–water partition coefficient (Wildman–Crippen LogP) is 10.2. The molecular weight excluding hydrogens is 719 g/mol. The summed E-state index contributed by atoms with van der Waals surface area (Å²) in [7, 11) is 0. The number of thioether (sulfide) groups is 3. The maximum atomic E-state index is 13.3. The quantitative estimate of drug-likeness (QED) is 0.0757. The summed E-state index contributed by atoms with van der Waals surface area (Å²) in [6.07, 6.45) is 13.7. The second kappa shape index (κ2) is 26.2. The molecule has 260 valence electrons. The summed E-state index contributed by atoms with van der Waals surface area (Å²) in [4.78, 5) is 41.5. The maximum absolute atomic E-state index is 13.3. The van der Waals surface area contributed by atoms with Crippen LogP contribution in [0.15, 0.2) is 0 Å². The van der Waals surface area contributed by atoms with E-state index in [4.69, 9.17) is 9.22 Å². The summed E-state index contributed by atoms with van der Waals surface area (Å²) in [6.45, 7) is 18.6. The third-order valence-corrected chi connectivity index (χ3v) is 17.2. The van der Waals surface area contributed by atoms with E-state index in [1.165, 1.54) is 19.3 Å². The van der Waals surface area contributed by atoms with Crippen LogP contribution in [0.3, 0.4) is 0 Å². The van der Waals surface area contributed by atoms with Gasteiger partial charge in [-0.15, -0.1) is 0 Å². The Morgan fingerprint density at radius 1 is 0.523 bits per heavy atom. The minimum atomic E-state index is -4.92. The SMILES string of the molecule is CCCCC(CC)CSC(C)C(=O)[O][Sn]([CH3])([O]C(=O)C(C)SCC(CC)CCCC)[O]C(=O)C(C)SCC(CC)CCCC. The second-order valence-corrected chi connectivity index (χ2v) is 23.1. The first-order valence-corrected chi connectivity index (χ1v) is 26.9. The molecular formula is C34H66O6S3Sn. The molecule has 0 bridgehead atoms. The number of hydrogen-bond acceptors (Lipinski definition) is 9. The van der Waals surface area contributed by atoms with Gasteiger partial charge >= 0.3 is 291 Å². The molecule has 44 heavy (non-hydrogen) atoms. The van der Waals surface area contributed by atoms with Crippen LogP contribution in [0.4, 0.5) is 0 Å². The summed E-state index contributed by atoms with van der Waals surface area (Å²) >= 11 is -0.208. The molecule has 6 atom stereocenters. The van der Waals surface area contributed by atoms with Gasteiger partial charge in [-0.1, -0.05) is 0 Å². The Kier molecular flexibility index (Phi) is 26.4. The van der Waals surface area contributed by atoms with E-state index in [1.807, 2.05) is 20.8 Å². The van der Waals surface area contributed by atoms with Crippen molar-refractivity contribution in [1.82, 2.24) is 0 Å². The van der Waals surface area contributed by atoms with E-state index in [0.717, 1.165) is 75.0 Å². The van der Waals surface area contributed by atoms with Crippen molar-refractivity contribution in [2.24, 2.45) is 17.8 Å². The molecule has 10 heteroatoms. The Labute approximate surface area is 289 Å². The van der Waals surface area contributed by atoms with Crippen LogP contribution in [0.25, 0.3) is 0 Å². The Balaban J connectivity index is 5.57. The van der Waals surface area contributed by atoms with Crippen LogP contribution in [0.2, 0.25) is 4.94 Å². The molecule has 0 radical (unpaired) electrons. The van der Waals surface area contributed by atoms with Crippen molar-refractivity contribution in [2.45, 2.75) is 160 Å². The zero-order valence-electron chi connectivity index (χ0n) is 29.7. The van der Waals surface area contributed by atoms with Gasteiger partial charge in [0.2, 0.25) is 0 Å². The van der Waals surface area contributed by atoms with Crippen LogP contribution in [-0.2, 0) is 23.6 Å². The van der Waals surface area contributed by atoms with Crippen LogP contribution in [0.1, 0.15) is 139 Å². The van der Waals surface area contributed by atoms with Crippen molar-refractivity contribution >= 4 is 72.8 Å². The molecule has 0 aromatic carbocycles. The van der Waals surface area contributed by atoms with E-state index in [0.29, 0.717) is 17.8 Å². The first-order chi connectivity index (χ1) is 20.9. The molecule has 0 aliphatic heterocycles. The van der Waals surface area contributed by atoms with Gasteiger partial charge in [0.15, 0.2) is 0 Å². The Morgan fingerprint density at radius 3 is 0.977 bits per heavy atom. The normalized spacial score (nSPS) is 17.0. The van der Waals surface area contributed by atoms with E-state index in [-0.39, 0.29) is 0 Å². The molecule has 0 spiro atoms. The summed E-state index contributed by atoms with van der Waals surface area (Å²) in [5.74, 6) is 2.86. The van der Waals surface area contributed by atoms with Crippen LogP contribution in [0, 0.1) is 17.8 Å². The summed E-state index contributed by atoms with van der Waals surface area (Å²) in [5, 5.41) is -1.32. The third kappa shape index (κ3) is 19.8. The monoisotopic (exact) mass is 786 g/mol. The van der Waals surface area contributed by atoms with Crippen molar-refractivity contribution in [3.63, 3.8) is 0 Å². The van der Waals surface area contributed by atoms with E-state index in [1.54, 1.807) is 40.2 Å². The first kappa shape index (κ1) is 44.3. The molecule has 0 rings (SSSR count). The van der Waals surface area contributed by atoms with Gasteiger partial charge in [0.1, 0.15) is 0 Å². The number of hydrogen-bond donors (Lipinski definition) is 0. The molecule has 0 heterocycles. The molecule has 0 aliphatic rings. The van der Waals surface area contributed by atoms with Crippen molar-refractivity contribution in [3.05, 3.63) is 0 Å². The molecule has 0 aliphatic carbocycles. The van der Waals surface area contributed by atoms with Crippen LogP contribution < -0.4 is 0 Å². The molecule has 6 nitrogen and oxygen atoms in total.